The Balaban J connectivity index is 1.59. The van der Waals surface area contributed by atoms with E-state index in [-0.39, 0.29) is 11.6 Å². The molecule has 0 aliphatic heterocycles. The molecule has 0 fully saturated rings. The minimum Gasteiger partial charge on any atom is -0.378 e. The number of anilines is 6. The van der Waals surface area contributed by atoms with Crippen LogP contribution in [0.3, 0.4) is 0 Å². The first kappa shape index (κ1) is 23.2. The van der Waals surface area contributed by atoms with Gasteiger partial charge in [-0.25, -0.2) is 0 Å². The van der Waals surface area contributed by atoms with Gasteiger partial charge < -0.3 is 20.4 Å². The maximum absolute atomic E-state index is 13.7. The van der Waals surface area contributed by atoms with Crippen molar-refractivity contribution in [2.24, 2.45) is 0 Å². The van der Waals surface area contributed by atoms with Crippen molar-refractivity contribution in [3.8, 4) is 0 Å². The summed E-state index contributed by atoms with van der Waals surface area (Å²) in [6.07, 6.45) is 0. The van der Waals surface area contributed by atoms with Gasteiger partial charge in [-0.15, -0.1) is 0 Å². The lowest BCUT2D eigenvalue weighted by Crippen LogP contribution is -2.23. The van der Waals surface area contributed by atoms with E-state index in [1.165, 1.54) is 0 Å². The number of nitrogens with zero attached hydrogens (tertiary/aromatic N) is 2. The summed E-state index contributed by atoms with van der Waals surface area (Å²) in [4.78, 5) is 31.4. The van der Waals surface area contributed by atoms with Crippen LogP contribution in [0.25, 0.3) is 0 Å². The first-order chi connectivity index (χ1) is 17.3. The third-order valence-corrected chi connectivity index (χ3v) is 6.40. The van der Waals surface area contributed by atoms with Crippen molar-refractivity contribution in [3.05, 3.63) is 107 Å². The van der Waals surface area contributed by atoms with Crippen LogP contribution in [0.2, 0.25) is 0 Å². The normalized spacial score (nSPS) is 12.0. The van der Waals surface area contributed by atoms with E-state index in [2.05, 4.69) is 10.6 Å². The van der Waals surface area contributed by atoms with Gasteiger partial charge >= 0.3 is 0 Å². The molecule has 0 radical (unpaired) electrons. The molecule has 0 heterocycles. The van der Waals surface area contributed by atoms with Gasteiger partial charge in [-0.2, -0.15) is 0 Å². The molecule has 0 aromatic heterocycles. The van der Waals surface area contributed by atoms with Crippen LogP contribution in [0.15, 0.2) is 84.9 Å². The standard InChI is InChI=1S/C30H28N4O2/c1-33(2)21-13-9-19(10-14-21)31-25-17-18-26(32-20-11-15-22(16-12-20)34(3)4)28-27(25)29(35)23-7-5-6-8-24(23)30(28)36/h5-18,31-32H,1-4H3. The molecule has 0 saturated carbocycles. The number of ketones is 2. The van der Waals surface area contributed by atoms with Gasteiger partial charge in [0.15, 0.2) is 11.6 Å². The third-order valence-electron chi connectivity index (χ3n) is 6.40. The summed E-state index contributed by atoms with van der Waals surface area (Å²) in [5.74, 6) is -0.335. The second-order valence-corrected chi connectivity index (χ2v) is 9.25. The highest BCUT2D eigenvalue weighted by atomic mass is 16.1. The van der Waals surface area contributed by atoms with Gasteiger partial charge in [-0.1, -0.05) is 24.3 Å². The molecule has 0 amide bonds. The summed E-state index contributed by atoms with van der Waals surface area (Å²) in [7, 11) is 7.95. The van der Waals surface area contributed by atoms with Crippen LogP contribution in [0.1, 0.15) is 31.8 Å². The highest BCUT2D eigenvalue weighted by molar-refractivity contribution is 6.32. The molecule has 6 heteroatoms. The molecule has 5 rings (SSSR count). The van der Waals surface area contributed by atoms with Gasteiger partial charge in [0.05, 0.1) is 22.5 Å². The number of benzene rings is 4. The molecular weight excluding hydrogens is 448 g/mol. The Labute approximate surface area is 211 Å². The van der Waals surface area contributed by atoms with E-state index in [4.69, 9.17) is 0 Å². The minimum atomic E-state index is -0.167. The van der Waals surface area contributed by atoms with Crippen molar-refractivity contribution in [2.75, 3.05) is 48.6 Å². The summed E-state index contributed by atoms with van der Waals surface area (Å²) in [5, 5.41) is 6.73. The van der Waals surface area contributed by atoms with Crippen LogP contribution in [-0.2, 0) is 0 Å². The zero-order chi connectivity index (χ0) is 25.4. The van der Waals surface area contributed by atoms with E-state index in [1.807, 2.05) is 98.7 Å². The minimum absolute atomic E-state index is 0.167. The SMILES string of the molecule is CN(C)c1ccc(Nc2ccc(Nc3ccc(N(C)C)cc3)c3c2C(=O)c2ccccc2C3=O)cc1. The first-order valence-corrected chi connectivity index (χ1v) is 11.8. The van der Waals surface area contributed by atoms with Gasteiger partial charge in [0.1, 0.15) is 0 Å². The zero-order valence-electron chi connectivity index (χ0n) is 20.8. The molecule has 4 aromatic rings. The number of rotatable bonds is 6. The molecule has 6 nitrogen and oxygen atoms in total. The predicted octanol–water partition coefficient (Wildman–Crippen LogP) is 6.08. The Kier molecular flexibility index (Phi) is 5.94. The van der Waals surface area contributed by atoms with E-state index >= 15 is 0 Å². The number of hydrogen-bond acceptors (Lipinski definition) is 6. The van der Waals surface area contributed by atoms with Crippen molar-refractivity contribution in [2.45, 2.75) is 0 Å². The van der Waals surface area contributed by atoms with Crippen LogP contribution in [-0.4, -0.2) is 39.8 Å². The molecule has 0 saturated heterocycles. The van der Waals surface area contributed by atoms with E-state index in [0.29, 0.717) is 33.6 Å². The molecule has 1 aliphatic carbocycles. The lowest BCUT2D eigenvalue weighted by molar-refractivity contribution is 0.0980. The second kappa shape index (κ2) is 9.23. The number of fused-ring (bicyclic) bond motifs is 2. The van der Waals surface area contributed by atoms with Crippen LogP contribution in [0.4, 0.5) is 34.1 Å². The fourth-order valence-corrected chi connectivity index (χ4v) is 4.43. The Hall–Kier alpha value is -4.58. The molecule has 4 aromatic carbocycles. The molecule has 0 unspecified atom stereocenters. The molecule has 1 aliphatic rings. The number of carbonyl (C=O) groups is 2. The van der Waals surface area contributed by atoms with Gasteiger partial charge in [-0.3, -0.25) is 9.59 Å². The summed E-state index contributed by atoms with van der Waals surface area (Å²) < 4.78 is 0. The number of hydrogen-bond donors (Lipinski definition) is 2. The Morgan fingerprint density at radius 3 is 1.19 bits per heavy atom. The van der Waals surface area contributed by atoms with Gasteiger partial charge in [-0.05, 0) is 60.7 Å². The average Bonchev–Trinajstić information content (AvgIpc) is 2.88. The summed E-state index contributed by atoms with van der Waals surface area (Å²) in [5.41, 5.74) is 6.62. The number of nitrogens with one attached hydrogen (secondary N) is 2. The smallest absolute Gasteiger partial charge is 0.196 e. The summed E-state index contributed by atoms with van der Waals surface area (Å²) >= 11 is 0. The van der Waals surface area contributed by atoms with E-state index in [0.717, 1.165) is 22.7 Å². The molecular formula is C30H28N4O2. The number of carbonyl (C=O) groups excluding carboxylic acids is 2. The molecule has 0 spiro atoms. The summed E-state index contributed by atoms with van der Waals surface area (Å²) in [6.45, 7) is 0. The van der Waals surface area contributed by atoms with Gasteiger partial charge in [0, 0.05) is 62.1 Å². The van der Waals surface area contributed by atoms with E-state index < -0.39 is 0 Å². The van der Waals surface area contributed by atoms with Crippen molar-refractivity contribution >= 4 is 45.7 Å². The Bertz CT molecular complexity index is 1340. The summed E-state index contributed by atoms with van der Waals surface area (Å²) in [6, 6.07) is 26.6. The van der Waals surface area contributed by atoms with Crippen molar-refractivity contribution in [1.29, 1.82) is 0 Å². The highest BCUT2D eigenvalue weighted by Gasteiger charge is 2.34. The zero-order valence-corrected chi connectivity index (χ0v) is 20.8. The lowest BCUT2D eigenvalue weighted by Gasteiger charge is -2.24. The molecule has 36 heavy (non-hydrogen) atoms. The molecule has 0 atom stereocenters. The third kappa shape index (κ3) is 4.18. The lowest BCUT2D eigenvalue weighted by atomic mass is 9.82. The van der Waals surface area contributed by atoms with Crippen molar-refractivity contribution in [3.63, 3.8) is 0 Å². The predicted molar refractivity (Wildman–Crippen MR) is 148 cm³/mol. The monoisotopic (exact) mass is 476 g/mol. The maximum atomic E-state index is 13.7. The molecule has 0 bridgehead atoms. The Morgan fingerprint density at radius 1 is 0.500 bits per heavy atom. The van der Waals surface area contributed by atoms with Gasteiger partial charge in [0.2, 0.25) is 0 Å². The first-order valence-electron chi connectivity index (χ1n) is 11.8. The fraction of sp³-hybridized carbons (Fsp3) is 0.133. The van der Waals surface area contributed by atoms with E-state index in [9.17, 15) is 9.59 Å². The Morgan fingerprint density at radius 2 is 0.861 bits per heavy atom. The van der Waals surface area contributed by atoms with Crippen molar-refractivity contribution in [1.82, 2.24) is 0 Å². The molecule has 180 valence electrons. The largest absolute Gasteiger partial charge is 0.378 e. The van der Waals surface area contributed by atoms with E-state index in [1.54, 1.807) is 24.3 Å². The van der Waals surface area contributed by atoms with Crippen LogP contribution in [0, 0.1) is 0 Å². The average molecular weight is 477 g/mol. The van der Waals surface area contributed by atoms with Gasteiger partial charge in [0.25, 0.3) is 0 Å². The van der Waals surface area contributed by atoms with Crippen LogP contribution < -0.4 is 20.4 Å². The highest BCUT2D eigenvalue weighted by Crippen LogP contribution is 2.38. The van der Waals surface area contributed by atoms with Crippen LogP contribution >= 0.6 is 0 Å². The maximum Gasteiger partial charge on any atom is 0.196 e. The topological polar surface area (TPSA) is 64.7 Å². The quantitative estimate of drug-likeness (QED) is 0.310. The fourth-order valence-electron chi connectivity index (χ4n) is 4.43. The molecule has 2 N–H and O–H groups in total. The van der Waals surface area contributed by atoms with Crippen molar-refractivity contribution < 1.29 is 9.59 Å². The van der Waals surface area contributed by atoms with Crippen LogP contribution in [0.5, 0.6) is 0 Å². The second-order valence-electron chi connectivity index (χ2n) is 9.25.